The van der Waals surface area contributed by atoms with Crippen molar-refractivity contribution in [2.75, 3.05) is 6.61 Å². The molecule has 0 aliphatic heterocycles. The minimum Gasteiger partial charge on any atom is -0.493 e. The monoisotopic (exact) mass is 365 g/mol. The zero-order valence-electron chi connectivity index (χ0n) is 15.7. The number of para-hydroxylation sites is 2. The molecule has 5 nitrogen and oxygen atoms in total. The van der Waals surface area contributed by atoms with Gasteiger partial charge in [0.25, 0.3) is 0 Å². The topological polar surface area (TPSA) is 68.4 Å². The van der Waals surface area contributed by atoms with Gasteiger partial charge in [0.05, 0.1) is 13.0 Å². The number of carbonyl (C=O) groups excluding carboxylic acids is 2. The second kappa shape index (κ2) is 8.08. The number of hydrogen-bond donors (Lipinski definition) is 1. The van der Waals surface area contributed by atoms with Gasteiger partial charge in [-0.05, 0) is 38.5 Å². The third-order valence-corrected chi connectivity index (χ3v) is 4.47. The summed E-state index contributed by atoms with van der Waals surface area (Å²) in [5, 5.41) is 0.839. The Morgan fingerprint density at radius 2 is 1.74 bits per heavy atom. The molecule has 0 unspecified atom stereocenters. The number of aryl methyl sites for hydroxylation is 2. The van der Waals surface area contributed by atoms with E-state index >= 15 is 0 Å². The highest BCUT2D eigenvalue weighted by Gasteiger charge is 2.24. The Morgan fingerprint density at radius 1 is 1.04 bits per heavy atom. The van der Waals surface area contributed by atoms with Gasteiger partial charge in [0.2, 0.25) is 5.78 Å². The fourth-order valence-corrected chi connectivity index (χ4v) is 3.07. The van der Waals surface area contributed by atoms with E-state index < -0.39 is 12.1 Å². The highest BCUT2D eigenvalue weighted by atomic mass is 16.5. The molecule has 0 saturated heterocycles. The Bertz CT molecular complexity index is 973. The van der Waals surface area contributed by atoms with Crippen LogP contribution in [0, 0.1) is 13.8 Å². The van der Waals surface area contributed by atoms with Gasteiger partial charge in [-0.15, -0.1) is 0 Å². The molecule has 1 N–H and O–H groups in total. The number of benzene rings is 2. The maximum Gasteiger partial charge on any atom is 0.309 e. The number of Topliss-reactive ketones (excluding diaryl/α,β-unsaturated/α-hetero) is 1. The van der Waals surface area contributed by atoms with Crippen molar-refractivity contribution in [2.45, 2.75) is 33.3 Å². The van der Waals surface area contributed by atoms with E-state index in [0.717, 1.165) is 27.9 Å². The average Bonchev–Trinajstić information content (AvgIpc) is 2.98. The lowest BCUT2D eigenvalue weighted by molar-refractivity contribution is -0.146. The lowest BCUT2D eigenvalue weighted by atomic mass is 10.0. The fourth-order valence-electron chi connectivity index (χ4n) is 3.07. The van der Waals surface area contributed by atoms with Gasteiger partial charge in [-0.2, -0.15) is 0 Å². The van der Waals surface area contributed by atoms with Crippen molar-refractivity contribution < 1.29 is 19.1 Å². The molecule has 0 amide bonds. The smallest absolute Gasteiger partial charge is 0.309 e. The molecule has 3 aromatic rings. The molecule has 5 heteroatoms. The number of H-pyrrole nitrogens is 1. The second-order valence-electron chi connectivity index (χ2n) is 6.53. The van der Waals surface area contributed by atoms with Crippen molar-refractivity contribution in [3.63, 3.8) is 0 Å². The molecule has 0 bridgehead atoms. The third kappa shape index (κ3) is 4.19. The van der Waals surface area contributed by atoms with Crippen LogP contribution in [0.15, 0.2) is 48.5 Å². The normalized spacial score (nSPS) is 12.0. The fraction of sp³-hybridized carbons (Fsp3) is 0.273. The summed E-state index contributed by atoms with van der Waals surface area (Å²) in [5.74, 6) is 0.0730. The summed E-state index contributed by atoms with van der Waals surface area (Å²) < 4.78 is 10.9. The summed E-state index contributed by atoms with van der Waals surface area (Å²) in [4.78, 5) is 28.1. The van der Waals surface area contributed by atoms with Crippen LogP contribution in [0.25, 0.3) is 10.9 Å². The molecule has 3 rings (SSSR count). The van der Waals surface area contributed by atoms with Gasteiger partial charge in [0.15, 0.2) is 6.10 Å². The number of ketones is 1. The molecular formula is C22H23NO4. The van der Waals surface area contributed by atoms with Crippen LogP contribution >= 0.6 is 0 Å². The van der Waals surface area contributed by atoms with Gasteiger partial charge in [0, 0.05) is 22.2 Å². The quantitative estimate of drug-likeness (QED) is 0.499. The van der Waals surface area contributed by atoms with Crippen LogP contribution < -0.4 is 4.74 Å². The summed E-state index contributed by atoms with van der Waals surface area (Å²) in [5.41, 5.74) is 3.24. The molecule has 1 atom stereocenters. The van der Waals surface area contributed by atoms with Crippen molar-refractivity contribution in [1.29, 1.82) is 0 Å². The van der Waals surface area contributed by atoms with Crippen LogP contribution in [-0.4, -0.2) is 29.4 Å². The number of aromatic amines is 1. The molecule has 0 aliphatic carbocycles. The van der Waals surface area contributed by atoms with Crippen molar-refractivity contribution in [1.82, 2.24) is 4.98 Å². The van der Waals surface area contributed by atoms with Crippen molar-refractivity contribution >= 4 is 22.7 Å². The first-order valence-corrected chi connectivity index (χ1v) is 8.97. The number of fused-ring (bicyclic) bond motifs is 1. The molecule has 2 aromatic carbocycles. The van der Waals surface area contributed by atoms with E-state index in [-0.39, 0.29) is 18.8 Å². The predicted molar refractivity (Wildman–Crippen MR) is 104 cm³/mol. The van der Waals surface area contributed by atoms with E-state index in [9.17, 15) is 9.59 Å². The van der Waals surface area contributed by atoms with Crippen molar-refractivity contribution in [3.05, 3.63) is 65.4 Å². The largest absolute Gasteiger partial charge is 0.493 e. The van der Waals surface area contributed by atoms with Crippen LogP contribution in [-0.2, 0) is 9.53 Å². The number of esters is 1. The first-order chi connectivity index (χ1) is 13.0. The van der Waals surface area contributed by atoms with Crippen molar-refractivity contribution in [2.24, 2.45) is 0 Å². The van der Waals surface area contributed by atoms with Crippen molar-refractivity contribution in [3.8, 4) is 5.75 Å². The zero-order valence-corrected chi connectivity index (χ0v) is 15.7. The lowest BCUT2D eigenvalue weighted by Crippen LogP contribution is -2.25. The predicted octanol–water partition coefficient (Wildman–Crippen LogP) is 4.37. The molecule has 27 heavy (non-hydrogen) atoms. The summed E-state index contributed by atoms with van der Waals surface area (Å²) in [7, 11) is 0. The van der Waals surface area contributed by atoms with E-state index in [1.54, 1.807) is 6.92 Å². The maximum atomic E-state index is 12.8. The number of aromatic nitrogens is 1. The van der Waals surface area contributed by atoms with E-state index in [0.29, 0.717) is 5.56 Å². The van der Waals surface area contributed by atoms with E-state index in [1.807, 2.05) is 62.4 Å². The molecular weight excluding hydrogens is 342 g/mol. The highest BCUT2D eigenvalue weighted by molar-refractivity contribution is 6.11. The first kappa shape index (κ1) is 18.7. The number of nitrogens with one attached hydrogen (secondary N) is 1. The van der Waals surface area contributed by atoms with Gasteiger partial charge in [0.1, 0.15) is 5.75 Å². The van der Waals surface area contributed by atoms with Gasteiger partial charge < -0.3 is 14.5 Å². The summed E-state index contributed by atoms with van der Waals surface area (Å²) in [6.07, 6.45) is -0.771. The van der Waals surface area contributed by atoms with Crippen LogP contribution in [0.1, 0.15) is 35.0 Å². The number of hydrogen-bond acceptors (Lipinski definition) is 4. The van der Waals surface area contributed by atoms with E-state index in [1.165, 1.54) is 0 Å². The average molecular weight is 365 g/mol. The van der Waals surface area contributed by atoms with Gasteiger partial charge in [-0.1, -0.05) is 36.4 Å². The molecule has 1 heterocycles. The molecule has 0 spiro atoms. The molecule has 0 radical (unpaired) electrons. The van der Waals surface area contributed by atoms with E-state index in [2.05, 4.69) is 4.98 Å². The molecule has 1 aromatic heterocycles. The number of ether oxygens (including phenoxy) is 2. The molecule has 0 aliphatic rings. The maximum absolute atomic E-state index is 12.8. The SMILES string of the molecule is Cc1ccccc1OCCC(=O)O[C@H](C)C(=O)c1c(C)[nH]c2ccccc12. The minimum atomic E-state index is -0.853. The minimum absolute atomic E-state index is 0.0822. The Morgan fingerprint density at radius 3 is 2.52 bits per heavy atom. The molecule has 0 fully saturated rings. The van der Waals surface area contributed by atoms with Crippen LogP contribution in [0.4, 0.5) is 0 Å². The van der Waals surface area contributed by atoms with Gasteiger partial charge >= 0.3 is 5.97 Å². The van der Waals surface area contributed by atoms with Crippen LogP contribution in [0.5, 0.6) is 5.75 Å². The Balaban J connectivity index is 1.58. The summed E-state index contributed by atoms with van der Waals surface area (Å²) in [6.45, 7) is 5.59. The standard InChI is InChI=1S/C22H23NO4/c1-14-8-4-7-11-19(14)26-13-12-20(24)27-16(3)22(25)21-15(2)23-18-10-6-5-9-17(18)21/h4-11,16,23H,12-13H2,1-3H3/t16-/m1/s1. The number of carbonyl (C=O) groups is 2. The molecule has 140 valence electrons. The van der Waals surface area contributed by atoms with Gasteiger partial charge in [-0.3, -0.25) is 9.59 Å². The summed E-state index contributed by atoms with van der Waals surface area (Å²) in [6, 6.07) is 15.2. The zero-order chi connectivity index (χ0) is 19.4. The lowest BCUT2D eigenvalue weighted by Gasteiger charge is -2.13. The Labute approximate surface area is 158 Å². The van der Waals surface area contributed by atoms with Crippen LogP contribution in [0.2, 0.25) is 0 Å². The van der Waals surface area contributed by atoms with Crippen LogP contribution in [0.3, 0.4) is 0 Å². The first-order valence-electron chi connectivity index (χ1n) is 8.97. The van der Waals surface area contributed by atoms with Gasteiger partial charge in [-0.25, -0.2) is 0 Å². The summed E-state index contributed by atoms with van der Waals surface area (Å²) >= 11 is 0. The number of rotatable bonds is 7. The Hall–Kier alpha value is -3.08. The Kier molecular flexibility index (Phi) is 5.60. The molecule has 0 saturated carbocycles. The third-order valence-electron chi connectivity index (χ3n) is 4.47. The second-order valence-corrected chi connectivity index (χ2v) is 6.53. The highest BCUT2D eigenvalue weighted by Crippen LogP contribution is 2.24. The van der Waals surface area contributed by atoms with E-state index in [4.69, 9.17) is 9.47 Å².